The quantitative estimate of drug-likeness (QED) is 0.475. The van der Waals surface area contributed by atoms with Crippen LogP contribution in [-0.4, -0.2) is 41.5 Å². The molecule has 2 aromatic carbocycles. The van der Waals surface area contributed by atoms with E-state index in [-0.39, 0.29) is 42.8 Å². The number of thioether (sulfide) groups is 1. The van der Waals surface area contributed by atoms with Crippen molar-refractivity contribution in [3.05, 3.63) is 86.8 Å². The van der Waals surface area contributed by atoms with E-state index in [9.17, 15) is 18.8 Å². The molecule has 32 heavy (non-hydrogen) atoms. The molecule has 0 fully saturated rings. The lowest BCUT2D eigenvalue weighted by Crippen LogP contribution is -2.43. The van der Waals surface area contributed by atoms with Crippen molar-refractivity contribution in [2.24, 2.45) is 0 Å². The van der Waals surface area contributed by atoms with E-state index in [0.29, 0.717) is 4.90 Å². The number of carbonyl (C=O) groups excluding carboxylic acids is 1. The fourth-order valence-electron chi connectivity index (χ4n) is 3.06. The Hall–Kier alpha value is -3.37. The molecule has 1 heterocycles. The van der Waals surface area contributed by atoms with Gasteiger partial charge in [0.15, 0.2) is 5.69 Å². The first-order valence-corrected chi connectivity index (χ1v) is 10.7. The average molecular weight is 459 g/mol. The third-order valence-electron chi connectivity index (χ3n) is 4.66. The van der Waals surface area contributed by atoms with Crippen molar-refractivity contribution in [1.29, 1.82) is 0 Å². The van der Waals surface area contributed by atoms with Gasteiger partial charge in [0.2, 0.25) is 5.91 Å². The van der Waals surface area contributed by atoms with Crippen molar-refractivity contribution >= 4 is 29.2 Å². The summed E-state index contributed by atoms with van der Waals surface area (Å²) in [5.74, 6) is -0.911. The SMILES string of the molecule is COCCN(C(=O)CSc1ccc(F)cc1)c1c(N)n(Cc2ccccc2)c(=O)[nH]c1=O. The van der Waals surface area contributed by atoms with Crippen LogP contribution in [0.3, 0.4) is 0 Å². The molecule has 1 aromatic heterocycles. The van der Waals surface area contributed by atoms with Gasteiger partial charge in [-0.2, -0.15) is 0 Å². The molecule has 0 radical (unpaired) electrons. The van der Waals surface area contributed by atoms with Gasteiger partial charge in [-0.1, -0.05) is 30.3 Å². The maximum absolute atomic E-state index is 13.1. The Morgan fingerprint density at radius 2 is 1.84 bits per heavy atom. The number of methoxy groups -OCH3 is 1. The van der Waals surface area contributed by atoms with Gasteiger partial charge in [0.1, 0.15) is 11.6 Å². The molecule has 0 spiro atoms. The third-order valence-corrected chi connectivity index (χ3v) is 5.66. The molecule has 3 rings (SSSR count). The molecule has 10 heteroatoms. The standard InChI is InChI=1S/C22H23FN4O4S/c1-31-12-11-26(18(28)14-32-17-9-7-16(23)8-10-17)19-20(24)27(22(30)25-21(19)29)13-15-5-3-2-4-6-15/h2-10H,11-14,24H2,1H3,(H,25,29,30). The van der Waals surface area contributed by atoms with Gasteiger partial charge in [0.05, 0.1) is 18.9 Å². The Bertz CT molecular complexity index is 1180. The second kappa shape index (κ2) is 10.8. The number of amides is 1. The number of hydrogen-bond acceptors (Lipinski definition) is 6. The molecular formula is C22H23FN4O4S. The Morgan fingerprint density at radius 1 is 1.16 bits per heavy atom. The lowest BCUT2D eigenvalue weighted by molar-refractivity contribution is -0.116. The van der Waals surface area contributed by atoms with E-state index in [4.69, 9.17) is 10.5 Å². The molecule has 168 valence electrons. The van der Waals surface area contributed by atoms with Crippen molar-refractivity contribution in [3.8, 4) is 0 Å². The molecule has 8 nitrogen and oxygen atoms in total. The first kappa shape index (κ1) is 23.3. The summed E-state index contributed by atoms with van der Waals surface area (Å²) in [6.45, 7) is 0.353. The fourth-order valence-corrected chi connectivity index (χ4v) is 3.83. The topological polar surface area (TPSA) is 110 Å². The highest BCUT2D eigenvalue weighted by Crippen LogP contribution is 2.22. The second-order valence-corrected chi connectivity index (χ2v) is 7.89. The maximum atomic E-state index is 13.1. The number of benzene rings is 2. The van der Waals surface area contributed by atoms with Crippen LogP contribution >= 0.6 is 11.8 Å². The number of nitrogens with zero attached hydrogens (tertiary/aromatic N) is 2. The van der Waals surface area contributed by atoms with Crippen LogP contribution in [0.25, 0.3) is 0 Å². The van der Waals surface area contributed by atoms with Gasteiger partial charge in [0.25, 0.3) is 5.56 Å². The number of aromatic nitrogens is 2. The van der Waals surface area contributed by atoms with Crippen LogP contribution in [0.1, 0.15) is 5.56 Å². The Morgan fingerprint density at radius 3 is 2.50 bits per heavy atom. The number of nitrogens with one attached hydrogen (secondary N) is 1. The van der Waals surface area contributed by atoms with Crippen LogP contribution in [0.5, 0.6) is 0 Å². The smallest absolute Gasteiger partial charge is 0.330 e. The van der Waals surface area contributed by atoms with Gasteiger partial charge in [-0.05, 0) is 29.8 Å². The Labute approximate surface area is 187 Å². The zero-order valence-corrected chi connectivity index (χ0v) is 18.2. The highest BCUT2D eigenvalue weighted by molar-refractivity contribution is 8.00. The third kappa shape index (κ3) is 5.65. The lowest BCUT2D eigenvalue weighted by atomic mass is 10.2. The summed E-state index contributed by atoms with van der Waals surface area (Å²) in [7, 11) is 1.47. The van der Waals surface area contributed by atoms with Crippen LogP contribution in [0.4, 0.5) is 15.9 Å². The first-order valence-electron chi connectivity index (χ1n) is 9.75. The summed E-state index contributed by atoms with van der Waals surface area (Å²) in [5, 5.41) is 0. The second-order valence-electron chi connectivity index (χ2n) is 6.85. The van der Waals surface area contributed by atoms with Crippen LogP contribution in [0.2, 0.25) is 0 Å². The van der Waals surface area contributed by atoms with E-state index in [1.807, 2.05) is 30.3 Å². The highest BCUT2D eigenvalue weighted by Gasteiger charge is 2.24. The molecule has 1 amide bonds. The van der Waals surface area contributed by atoms with Gasteiger partial charge >= 0.3 is 5.69 Å². The molecule has 0 bridgehead atoms. The predicted octanol–water partition coefficient (Wildman–Crippen LogP) is 2.08. The van der Waals surface area contributed by atoms with Gasteiger partial charge in [-0.3, -0.25) is 19.1 Å². The molecule has 3 N–H and O–H groups in total. The van der Waals surface area contributed by atoms with E-state index in [0.717, 1.165) is 5.56 Å². The lowest BCUT2D eigenvalue weighted by Gasteiger charge is -2.24. The molecule has 0 unspecified atom stereocenters. The molecule has 0 aliphatic rings. The summed E-state index contributed by atoms with van der Waals surface area (Å²) in [5.41, 5.74) is 5.50. The molecule has 0 saturated carbocycles. The summed E-state index contributed by atoms with van der Waals surface area (Å²) < 4.78 is 19.4. The van der Waals surface area contributed by atoms with Gasteiger partial charge in [-0.25, -0.2) is 9.18 Å². The van der Waals surface area contributed by atoms with E-state index in [1.54, 1.807) is 12.1 Å². The zero-order chi connectivity index (χ0) is 23.1. The van der Waals surface area contributed by atoms with Crippen LogP contribution in [0.15, 0.2) is 69.1 Å². The molecule has 0 atom stereocenters. The average Bonchev–Trinajstić information content (AvgIpc) is 2.79. The number of rotatable bonds is 9. The van der Waals surface area contributed by atoms with Crippen molar-refractivity contribution in [2.75, 3.05) is 36.6 Å². The number of anilines is 2. The maximum Gasteiger partial charge on any atom is 0.330 e. The molecule has 0 saturated heterocycles. The van der Waals surface area contributed by atoms with Crippen molar-refractivity contribution in [1.82, 2.24) is 9.55 Å². The predicted molar refractivity (Wildman–Crippen MR) is 123 cm³/mol. The summed E-state index contributed by atoms with van der Waals surface area (Å²) in [4.78, 5) is 42.3. The molecule has 3 aromatic rings. The fraction of sp³-hybridized carbons (Fsp3) is 0.227. The minimum atomic E-state index is -0.756. The van der Waals surface area contributed by atoms with Crippen molar-refractivity contribution in [3.63, 3.8) is 0 Å². The summed E-state index contributed by atoms with van der Waals surface area (Å²) in [6.07, 6.45) is 0. The van der Waals surface area contributed by atoms with Crippen molar-refractivity contribution < 1.29 is 13.9 Å². The number of halogens is 1. The Balaban J connectivity index is 1.92. The number of H-pyrrole nitrogens is 1. The van der Waals surface area contributed by atoms with Crippen LogP contribution < -0.4 is 21.9 Å². The normalized spacial score (nSPS) is 10.8. The minimum absolute atomic E-state index is 0.0218. The highest BCUT2D eigenvalue weighted by atomic mass is 32.2. The van der Waals surface area contributed by atoms with Gasteiger partial charge in [-0.15, -0.1) is 11.8 Å². The van der Waals surface area contributed by atoms with E-state index < -0.39 is 17.2 Å². The van der Waals surface area contributed by atoms with E-state index in [1.165, 1.54) is 40.5 Å². The first-order chi connectivity index (χ1) is 15.4. The largest absolute Gasteiger partial charge is 0.383 e. The van der Waals surface area contributed by atoms with E-state index in [2.05, 4.69) is 4.98 Å². The van der Waals surface area contributed by atoms with Crippen LogP contribution in [0, 0.1) is 5.82 Å². The van der Waals surface area contributed by atoms with Gasteiger partial charge < -0.3 is 15.4 Å². The summed E-state index contributed by atoms with van der Waals surface area (Å²) in [6, 6.07) is 14.9. The number of aromatic amines is 1. The number of nitrogens with two attached hydrogens (primary N) is 1. The Kier molecular flexibility index (Phi) is 7.85. The minimum Gasteiger partial charge on any atom is -0.383 e. The molecule has 0 aliphatic carbocycles. The number of ether oxygens (including phenoxy) is 1. The van der Waals surface area contributed by atoms with Gasteiger partial charge in [0, 0.05) is 18.6 Å². The zero-order valence-electron chi connectivity index (χ0n) is 17.4. The van der Waals surface area contributed by atoms with Crippen molar-refractivity contribution in [2.45, 2.75) is 11.4 Å². The molecule has 0 aliphatic heterocycles. The number of hydrogen-bond donors (Lipinski definition) is 2. The van der Waals surface area contributed by atoms with E-state index >= 15 is 0 Å². The molecular weight excluding hydrogens is 435 g/mol. The number of nitrogen functional groups attached to an aromatic ring is 1. The number of carbonyl (C=O) groups is 1. The summed E-state index contributed by atoms with van der Waals surface area (Å²) >= 11 is 1.20. The van der Waals surface area contributed by atoms with Crippen LogP contribution in [-0.2, 0) is 16.1 Å². The monoisotopic (exact) mass is 458 g/mol.